The normalized spacial score (nSPS) is 17.3. The van der Waals surface area contributed by atoms with Crippen LogP contribution in [-0.2, 0) is 0 Å². The van der Waals surface area contributed by atoms with Crippen LogP contribution in [0.5, 0.6) is 0 Å². The Morgan fingerprint density at radius 2 is 1.68 bits per heavy atom. The van der Waals surface area contributed by atoms with Gasteiger partial charge in [-0.05, 0) is 12.8 Å². The number of anilines is 1. The summed E-state index contributed by atoms with van der Waals surface area (Å²) in [7, 11) is 0. The number of nitrogen functional groups attached to an aromatic ring is 1. The lowest BCUT2D eigenvalue weighted by Crippen LogP contribution is -2.12. The summed E-state index contributed by atoms with van der Waals surface area (Å²) in [5.74, 6) is 0.797. The molecular formula is C16H21N3. The van der Waals surface area contributed by atoms with Gasteiger partial charge in [0.25, 0.3) is 0 Å². The van der Waals surface area contributed by atoms with E-state index in [-0.39, 0.29) is 0 Å². The van der Waals surface area contributed by atoms with Crippen LogP contribution < -0.4 is 5.73 Å². The molecular weight excluding hydrogens is 234 g/mol. The molecule has 2 N–H and O–H groups in total. The molecule has 1 aliphatic rings. The number of hydrogen-bond acceptors (Lipinski definition) is 2. The average Bonchev–Trinajstić information content (AvgIpc) is 2.66. The van der Waals surface area contributed by atoms with E-state index in [1.54, 1.807) is 0 Å². The molecule has 1 fully saturated rings. The molecule has 3 heteroatoms. The summed E-state index contributed by atoms with van der Waals surface area (Å²) < 4.78 is 2.05. The van der Waals surface area contributed by atoms with E-state index >= 15 is 0 Å². The van der Waals surface area contributed by atoms with Gasteiger partial charge in [-0.2, -0.15) is 5.10 Å². The van der Waals surface area contributed by atoms with E-state index in [9.17, 15) is 0 Å². The van der Waals surface area contributed by atoms with E-state index in [1.165, 1.54) is 38.5 Å². The van der Waals surface area contributed by atoms with Gasteiger partial charge in [-0.15, -0.1) is 0 Å². The van der Waals surface area contributed by atoms with Gasteiger partial charge in [-0.1, -0.05) is 56.0 Å². The third-order valence-corrected chi connectivity index (χ3v) is 4.00. The molecule has 0 saturated heterocycles. The number of hydrogen-bond donors (Lipinski definition) is 1. The molecule has 0 radical (unpaired) electrons. The molecule has 0 atom stereocenters. The highest BCUT2D eigenvalue weighted by atomic mass is 15.3. The highest BCUT2D eigenvalue weighted by Crippen LogP contribution is 2.30. The van der Waals surface area contributed by atoms with Gasteiger partial charge in [0.15, 0.2) is 0 Å². The third-order valence-electron chi connectivity index (χ3n) is 4.00. The SMILES string of the molecule is Nc1cc(-c2ccccc2)nn1C1CCCCCC1. The first kappa shape index (κ1) is 12.3. The maximum absolute atomic E-state index is 6.16. The molecule has 1 aromatic carbocycles. The van der Waals surface area contributed by atoms with Crippen LogP contribution in [0.15, 0.2) is 36.4 Å². The second-order valence-corrected chi connectivity index (χ2v) is 5.41. The van der Waals surface area contributed by atoms with Crippen molar-refractivity contribution in [2.45, 2.75) is 44.6 Å². The quantitative estimate of drug-likeness (QED) is 0.823. The first-order chi connectivity index (χ1) is 9.34. The van der Waals surface area contributed by atoms with Crippen molar-refractivity contribution in [3.8, 4) is 11.3 Å². The van der Waals surface area contributed by atoms with E-state index < -0.39 is 0 Å². The minimum Gasteiger partial charge on any atom is -0.384 e. The maximum Gasteiger partial charge on any atom is 0.122 e. The topological polar surface area (TPSA) is 43.8 Å². The molecule has 1 heterocycles. The lowest BCUT2D eigenvalue weighted by atomic mass is 10.1. The van der Waals surface area contributed by atoms with Crippen LogP contribution in [0.1, 0.15) is 44.6 Å². The number of nitrogens with zero attached hydrogens (tertiary/aromatic N) is 2. The molecule has 0 spiro atoms. The summed E-state index contributed by atoms with van der Waals surface area (Å²) in [5.41, 5.74) is 8.29. The number of aromatic nitrogens is 2. The van der Waals surface area contributed by atoms with Crippen molar-refractivity contribution >= 4 is 5.82 Å². The van der Waals surface area contributed by atoms with E-state index in [4.69, 9.17) is 10.8 Å². The van der Waals surface area contributed by atoms with Crippen molar-refractivity contribution < 1.29 is 0 Å². The van der Waals surface area contributed by atoms with Gasteiger partial charge in [-0.25, -0.2) is 4.68 Å². The van der Waals surface area contributed by atoms with Crippen LogP contribution in [0, 0.1) is 0 Å². The van der Waals surface area contributed by atoms with Crippen molar-refractivity contribution in [2.24, 2.45) is 0 Å². The molecule has 1 aliphatic carbocycles. The minimum absolute atomic E-state index is 0.486. The van der Waals surface area contributed by atoms with Crippen LogP contribution >= 0.6 is 0 Å². The molecule has 2 aromatic rings. The Morgan fingerprint density at radius 3 is 2.37 bits per heavy atom. The predicted molar refractivity (Wildman–Crippen MR) is 78.8 cm³/mol. The molecule has 1 saturated carbocycles. The largest absolute Gasteiger partial charge is 0.384 e. The standard InChI is InChI=1S/C16H21N3/c17-16-12-15(13-8-4-3-5-9-13)18-19(16)14-10-6-1-2-7-11-14/h3-5,8-9,12,14H,1-2,6-7,10-11,17H2. The highest BCUT2D eigenvalue weighted by Gasteiger charge is 2.18. The monoisotopic (exact) mass is 255 g/mol. The Bertz CT molecular complexity index is 522. The highest BCUT2D eigenvalue weighted by molar-refractivity contribution is 5.62. The first-order valence-corrected chi connectivity index (χ1v) is 7.25. The molecule has 1 aromatic heterocycles. The molecule has 100 valence electrons. The lowest BCUT2D eigenvalue weighted by Gasteiger charge is -2.16. The number of rotatable bonds is 2. The minimum atomic E-state index is 0.486. The van der Waals surface area contributed by atoms with Gasteiger partial charge in [0.2, 0.25) is 0 Å². The van der Waals surface area contributed by atoms with Crippen LogP contribution in [0.4, 0.5) is 5.82 Å². The zero-order valence-electron chi connectivity index (χ0n) is 11.3. The Labute approximate surface area is 114 Å². The van der Waals surface area contributed by atoms with E-state index in [2.05, 4.69) is 12.1 Å². The maximum atomic E-state index is 6.16. The molecule has 0 amide bonds. The van der Waals surface area contributed by atoms with Gasteiger partial charge >= 0.3 is 0 Å². The van der Waals surface area contributed by atoms with Crippen LogP contribution in [0.25, 0.3) is 11.3 Å². The Balaban J connectivity index is 1.88. The second kappa shape index (κ2) is 5.47. The summed E-state index contributed by atoms with van der Waals surface area (Å²) >= 11 is 0. The first-order valence-electron chi connectivity index (χ1n) is 7.25. The van der Waals surface area contributed by atoms with E-state index in [1.807, 2.05) is 28.9 Å². The van der Waals surface area contributed by atoms with Crippen molar-refractivity contribution in [1.29, 1.82) is 0 Å². The van der Waals surface area contributed by atoms with Crippen molar-refractivity contribution in [3.63, 3.8) is 0 Å². The second-order valence-electron chi connectivity index (χ2n) is 5.41. The van der Waals surface area contributed by atoms with Crippen molar-refractivity contribution in [2.75, 3.05) is 5.73 Å². The zero-order chi connectivity index (χ0) is 13.1. The van der Waals surface area contributed by atoms with Gasteiger partial charge in [0, 0.05) is 11.6 Å². The van der Waals surface area contributed by atoms with Gasteiger partial charge in [0.1, 0.15) is 5.82 Å². The van der Waals surface area contributed by atoms with Crippen molar-refractivity contribution in [1.82, 2.24) is 9.78 Å². The fourth-order valence-electron chi connectivity index (χ4n) is 2.95. The number of benzene rings is 1. The summed E-state index contributed by atoms with van der Waals surface area (Å²) in [6, 6.07) is 12.8. The Kier molecular flexibility index (Phi) is 3.53. The predicted octanol–water partition coefficient (Wildman–Crippen LogP) is 4.03. The molecule has 19 heavy (non-hydrogen) atoms. The summed E-state index contributed by atoms with van der Waals surface area (Å²) in [6.07, 6.45) is 7.71. The smallest absolute Gasteiger partial charge is 0.122 e. The van der Waals surface area contributed by atoms with Crippen LogP contribution in [-0.4, -0.2) is 9.78 Å². The zero-order valence-corrected chi connectivity index (χ0v) is 11.3. The molecule has 3 nitrogen and oxygen atoms in total. The fraction of sp³-hybridized carbons (Fsp3) is 0.438. The molecule has 3 rings (SSSR count). The molecule has 0 aliphatic heterocycles. The van der Waals surface area contributed by atoms with E-state index in [0.29, 0.717) is 6.04 Å². The van der Waals surface area contributed by atoms with Gasteiger partial charge in [-0.3, -0.25) is 0 Å². The van der Waals surface area contributed by atoms with Gasteiger partial charge in [0.05, 0.1) is 11.7 Å². The van der Waals surface area contributed by atoms with Crippen LogP contribution in [0.3, 0.4) is 0 Å². The Hall–Kier alpha value is -1.77. The Morgan fingerprint density at radius 1 is 1.00 bits per heavy atom. The third kappa shape index (κ3) is 2.65. The van der Waals surface area contributed by atoms with Gasteiger partial charge < -0.3 is 5.73 Å². The summed E-state index contributed by atoms with van der Waals surface area (Å²) in [4.78, 5) is 0. The fourth-order valence-corrected chi connectivity index (χ4v) is 2.95. The number of nitrogens with two attached hydrogens (primary N) is 1. The molecule has 0 bridgehead atoms. The summed E-state index contributed by atoms with van der Waals surface area (Å²) in [6.45, 7) is 0. The van der Waals surface area contributed by atoms with Crippen LogP contribution in [0.2, 0.25) is 0 Å². The molecule has 0 unspecified atom stereocenters. The van der Waals surface area contributed by atoms with Crippen molar-refractivity contribution in [3.05, 3.63) is 36.4 Å². The summed E-state index contributed by atoms with van der Waals surface area (Å²) in [5, 5.41) is 4.74. The lowest BCUT2D eigenvalue weighted by molar-refractivity contribution is 0.412. The van der Waals surface area contributed by atoms with E-state index in [0.717, 1.165) is 17.1 Å². The average molecular weight is 255 g/mol.